The smallest absolute Gasteiger partial charge is 0.208 e. The van der Waals surface area contributed by atoms with Gasteiger partial charge in [-0.2, -0.15) is 0 Å². The van der Waals surface area contributed by atoms with Crippen molar-refractivity contribution < 1.29 is 13.2 Å². The monoisotopic (exact) mass is 350 g/mol. The summed E-state index contributed by atoms with van der Waals surface area (Å²) in [5.74, 6) is 0.937. The molecule has 9 nitrogen and oxygen atoms in total. The van der Waals surface area contributed by atoms with Crippen LogP contribution in [0.4, 0.5) is 5.82 Å². The summed E-state index contributed by atoms with van der Waals surface area (Å²) in [6.45, 7) is 0.857. The molecule has 3 aromatic rings. The number of methoxy groups -OCH3 is 1. The topological polar surface area (TPSA) is 125 Å². The lowest BCUT2D eigenvalue weighted by Gasteiger charge is -2.10. The Labute approximate surface area is 138 Å². The predicted molar refractivity (Wildman–Crippen MR) is 90.8 cm³/mol. The van der Waals surface area contributed by atoms with Crippen molar-refractivity contribution in [3.63, 3.8) is 0 Å². The number of rotatable bonds is 6. The Morgan fingerprint density at radius 1 is 1.33 bits per heavy atom. The lowest BCUT2D eigenvalue weighted by atomic mass is 10.2. The first-order valence-corrected chi connectivity index (χ1v) is 9.12. The molecule has 0 radical (unpaired) electrons. The van der Waals surface area contributed by atoms with Crippen LogP contribution in [0.15, 0.2) is 18.3 Å². The van der Waals surface area contributed by atoms with Crippen molar-refractivity contribution >= 4 is 37.9 Å². The summed E-state index contributed by atoms with van der Waals surface area (Å²) in [7, 11) is -1.71. The third-order valence-electron chi connectivity index (χ3n) is 3.51. The molecule has 0 saturated carbocycles. The minimum atomic E-state index is -3.27. The molecule has 0 aliphatic rings. The van der Waals surface area contributed by atoms with E-state index >= 15 is 0 Å². The van der Waals surface area contributed by atoms with Crippen LogP contribution < -0.4 is 10.5 Å². The maximum atomic E-state index is 11.3. The van der Waals surface area contributed by atoms with E-state index < -0.39 is 10.0 Å². The molecular weight excluding hydrogens is 332 g/mol. The van der Waals surface area contributed by atoms with Crippen molar-refractivity contribution in [2.75, 3.05) is 25.6 Å². The van der Waals surface area contributed by atoms with E-state index in [2.05, 4.69) is 19.7 Å². The van der Waals surface area contributed by atoms with Gasteiger partial charge >= 0.3 is 0 Å². The van der Waals surface area contributed by atoms with Crippen molar-refractivity contribution in [1.82, 2.24) is 24.2 Å². The van der Waals surface area contributed by atoms with E-state index in [1.807, 2.05) is 10.6 Å². The molecule has 0 aromatic carbocycles. The molecule has 0 amide bonds. The highest BCUT2D eigenvalue weighted by molar-refractivity contribution is 7.88. The first-order valence-electron chi connectivity index (χ1n) is 7.23. The van der Waals surface area contributed by atoms with Crippen molar-refractivity contribution in [3.8, 4) is 0 Å². The standard InChI is InChI=1S/C14H18N6O3S/c1-23-8-10-19-12-13(20(10)7-6-17-24(2,21)22)11-9(18-14(12)15)4-3-5-16-11/h3-5,17H,6-8H2,1-2H3,(H2,15,18). The van der Waals surface area contributed by atoms with E-state index in [9.17, 15) is 8.42 Å². The molecule has 0 aliphatic carbocycles. The Hall–Kier alpha value is -2.30. The van der Waals surface area contributed by atoms with E-state index in [1.54, 1.807) is 19.4 Å². The predicted octanol–water partition coefficient (Wildman–Crippen LogP) is 0.257. The van der Waals surface area contributed by atoms with Gasteiger partial charge in [0.15, 0.2) is 5.82 Å². The Balaban J connectivity index is 2.17. The number of anilines is 1. The second kappa shape index (κ2) is 6.30. The average Bonchev–Trinajstić information content (AvgIpc) is 2.86. The van der Waals surface area contributed by atoms with Crippen LogP contribution in [0.3, 0.4) is 0 Å². The van der Waals surface area contributed by atoms with Gasteiger partial charge in [-0.25, -0.2) is 23.1 Å². The van der Waals surface area contributed by atoms with Crippen LogP contribution in [0.25, 0.3) is 22.1 Å². The van der Waals surface area contributed by atoms with Gasteiger partial charge in [-0.1, -0.05) is 0 Å². The summed E-state index contributed by atoms with van der Waals surface area (Å²) >= 11 is 0. The number of pyridine rings is 2. The Morgan fingerprint density at radius 2 is 2.12 bits per heavy atom. The van der Waals surface area contributed by atoms with Crippen LogP contribution in [-0.2, 0) is 27.9 Å². The van der Waals surface area contributed by atoms with Crippen molar-refractivity contribution in [2.45, 2.75) is 13.2 Å². The van der Waals surface area contributed by atoms with Gasteiger partial charge in [0.25, 0.3) is 0 Å². The molecule has 0 atom stereocenters. The summed E-state index contributed by atoms with van der Waals surface area (Å²) in [6.07, 6.45) is 2.79. The summed E-state index contributed by atoms with van der Waals surface area (Å²) in [5.41, 5.74) is 8.61. The normalized spacial score (nSPS) is 12.2. The lowest BCUT2D eigenvalue weighted by molar-refractivity contribution is 0.174. The first-order chi connectivity index (χ1) is 11.4. The van der Waals surface area contributed by atoms with Gasteiger partial charge < -0.3 is 15.0 Å². The van der Waals surface area contributed by atoms with E-state index in [0.717, 1.165) is 11.8 Å². The molecule has 0 unspecified atom stereocenters. The van der Waals surface area contributed by atoms with Gasteiger partial charge in [0, 0.05) is 26.4 Å². The molecule has 3 N–H and O–H groups in total. The molecule has 0 spiro atoms. The summed E-state index contributed by atoms with van der Waals surface area (Å²) in [4.78, 5) is 13.2. The van der Waals surface area contributed by atoms with Crippen molar-refractivity contribution in [1.29, 1.82) is 0 Å². The number of nitrogens with two attached hydrogens (primary N) is 1. The van der Waals surface area contributed by atoms with Crippen molar-refractivity contribution in [2.24, 2.45) is 0 Å². The van der Waals surface area contributed by atoms with E-state index in [0.29, 0.717) is 34.7 Å². The van der Waals surface area contributed by atoms with Crippen LogP contribution >= 0.6 is 0 Å². The summed E-state index contributed by atoms with van der Waals surface area (Å²) < 4.78 is 32.1. The third kappa shape index (κ3) is 3.16. The molecule has 0 bridgehead atoms. The Kier molecular flexibility index (Phi) is 4.35. The molecule has 0 fully saturated rings. The van der Waals surface area contributed by atoms with Crippen LogP contribution in [-0.4, -0.2) is 47.8 Å². The molecule has 3 rings (SSSR count). The van der Waals surface area contributed by atoms with Gasteiger partial charge in [-0.3, -0.25) is 4.98 Å². The number of ether oxygens (including phenoxy) is 1. The number of hydrogen-bond acceptors (Lipinski definition) is 7. The third-order valence-corrected chi connectivity index (χ3v) is 4.24. The molecule has 0 saturated heterocycles. The zero-order chi connectivity index (χ0) is 17.3. The SMILES string of the molecule is COCc1nc2c(N)nc3cccnc3c2n1CCNS(C)(=O)=O. The van der Waals surface area contributed by atoms with Gasteiger partial charge in [-0.05, 0) is 12.1 Å². The minimum absolute atomic E-state index is 0.220. The first kappa shape index (κ1) is 16.6. The highest BCUT2D eigenvalue weighted by Crippen LogP contribution is 2.27. The molecule has 10 heteroatoms. The molecule has 3 heterocycles. The summed E-state index contributed by atoms with van der Waals surface area (Å²) in [5, 5.41) is 0. The number of sulfonamides is 1. The minimum Gasteiger partial charge on any atom is -0.382 e. The lowest BCUT2D eigenvalue weighted by Crippen LogP contribution is -2.26. The molecular formula is C14H18N6O3S. The van der Waals surface area contributed by atoms with Gasteiger partial charge in [0.05, 0.1) is 11.8 Å². The fraction of sp³-hybridized carbons (Fsp3) is 0.357. The number of aromatic nitrogens is 4. The van der Waals surface area contributed by atoms with Crippen LogP contribution in [0, 0.1) is 0 Å². The van der Waals surface area contributed by atoms with Crippen molar-refractivity contribution in [3.05, 3.63) is 24.2 Å². The number of nitrogens with zero attached hydrogens (tertiary/aromatic N) is 4. The highest BCUT2D eigenvalue weighted by atomic mass is 32.2. The zero-order valence-electron chi connectivity index (χ0n) is 13.4. The summed E-state index contributed by atoms with van der Waals surface area (Å²) in [6, 6.07) is 3.60. The highest BCUT2D eigenvalue weighted by Gasteiger charge is 2.18. The van der Waals surface area contributed by atoms with E-state index in [1.165, 1.54) is 0 Å². The molecule has 0 aliphatic heterocycles. The van der Waals surface area contributed by atoms with E-state index in [-0.39, 0.29) is 13.2 Å². The largest absolute Gasteiger partial charge is 0.382 e. The quantitative estimate of drug-likeness (QED) is 0.653. The maximum Gasteiger partial charge on any atom is 0.208 e. The number of hydrogen-bond donors (Lipinski definition) is 2. The molecule has 3 aromatic heterocycles. The van der Waals surface area contributed by atoms with E-state index in [4.69, 9.17) is 10.5 Å². The number of imidazole rings is 1. The van der Waals surface area contributed by atoms with Crippen LogP contribution in [0.2, 0.25) is 0 Å². The Morgan fingerprint density at radius 3 is 2.83 bits per heavy atom. The average molecular weight is 350 g/mol. The maximum absolute atomic E-state index is 11.3. The molecule has 24 heavy (non-hydrogen) atoms. The fourth-order valence-corrected chi connectivity index (χ4v) is 3.06. The van der Waals surface area contributed by atoms with Crippen LogP contribution in [0.1, 0.15) is 5.82 Å². The van der Waals surface area contributed by atoms with Gasteiger partial charge in [0.2, 0.25) is 10.0 Å². The fourth-order valence-electron chi connectivity index (χ4n) is 2.59. The van der Waals surface area contributed by atoms with Gasteiger partial charge in [-0.15, -0.1) is 0 Å². The van der Waals surface area contributed by atoms with Gasteiger partial charge in [0.1, 0.15) is 29.0 Å². The zero-order valence-corrected chi connectivity index (χ0v) is 14.2. The number of nitrogen functional groups attached to an aromatic ring is 1. The number of fused-ring (bicyclic) bond motifs is 3. The Bertz CT molecular complexity index is 999. The second-order valence-electron chi connectivity index (χ2n) is 5.34. The number of nitrogens with one attached hydrogen (secondary N) is 1. The van der Waals surface area contributed by atoms with Crippen LogP contribution in [0.5, 0.6) is 0 Å². The molecule has 128 valence electrons. The second-order valence-corrected chi connectivity index (χ2v) is 7.18.